The van der Waals surface area contributed by atoms with Crippen molar-refractivity contribution >= 4 is 0 Å². The van der Waals surface area contributed by atoms with E-state index in [9.17, 15) is 8.78 Å². The van der Waals surface area contributed by atoms with Crippen molar-refractivity contribution in [1.82, 2.24) is 0 Å². The van der Waals surface area contributed by atoms with Gasteiger partial charge in [-0.1, -0.05) is 12.5 Å². The lowest BCUT2D eigenvalue weighted by molar-refractivity contribution is 0.113. The number of hydrogen-bond donors (Lipinski definition) is 0. The van der Waals surface area contributed by atoms with Crippen molar-refractivity contribution in [3.05, 3.63) is 29.3 Å². The molecule has 1 aromatic rings. The highest BCUT2D eigenvalue weighted by molar-refractivity contribution is 5.34. The van der Waals surface area contributed by atoms with Crippen LogP contribution in [0, 0.1) is 11.6 Å². The summed E-state index contributed by atoms with van der Waals surface area (Å²) in [6.45, 7) is 0. The monoisotopic (exact) mass is 238 g/mol. The Labute approximate surface area is 99.8 Å². The summed E-state index contributed by atoms with van der Waals surface area (Å²) < 4.78 is 33.1. The molecule has 0 atom stereocenters. The Morgan fingerprint density at radius 2 is 1.65 bits per heavy atom. The van der Waals surface area contributed by atoms with Crippen LogP contribution in [0.1, 0.15) is 50.0 Å². The third-order valence-corrected chi connectivity index (χ3v) is 3.97. The topological polar surface area (TPSA) is 9.23 Å². The van der Waals surface area contributed by atoms with Crippen molar-refractivity contribution in [3.63, 3.8) is 0 Å². The molecule has 17 heavy (non-hydrogen) atoms. The summed E-state index contributed by atoms with van der Waals surface area (Å²) in [7, 11) is 0. The Morgan fingerprint density at radius 3 is 2.18 bits per heavy atom. The van der Waals surface area contributed by atoms with Crippen molar-refractivity contribution in [2.45, 2.75) is 50.5 Å². The van der Waals surface area contributed by atoms with Crippen LogP contribution in [0.3, 0.4) is 0 Å². The van der Waals surface area contributed by atoms with E-state index in [0.717, 1.165) is 38.5 Å². The molecular formula is C14H16F2O. The van der Waals surface area contributed by atoms with Crippen LogP contribution in [-0.4, -0.2) is 6.10 Å². The maximum absolute atomic E-state index is 13.9. The maximum atomic E-state index is 13.9. The molecular weight excluding hydrogens is 222 g/mol. The first-order valence-corrected chi connectivity index (χ1v) is 6.40. The van der Waals surface area contributed by atoms with Gasteiger partial charge in [0.05, 0.1) is 6.10 Å². The van der Waals surface area contributed by atoms with E-state index in [4.69, 9.17) is 4.74 Å². The lowest BCUT2D eigenvalue weighted by atomic mass is 9.80. The second kappa shape index (κ2) is 4.28. The molecule has 0 heterocycles. The van der Waals surface area contributed by atoms with E-state index in [1.54, 1.807) is 12.1 Å². The normalized spacial score (nSPS) is 20.8. The van der Waals surface area contributed by atoms with Crippen LogP contribution in [0.5, 0.6) is 5.75 Å². The molecule has 92 valence electrons. The second-order valence-electron chi connectivity index (χ2n) is 5.08. The van der Waals surface area contributed by atoms with Crippen molar-refractivity contribution < 1.29 is 13.5 Å². The highest BCUT2D eigenvalue weighted by Crippen LogP contribution is 2.40. The fourth-order valence-corrected chi connectivity index (χ4v) is 2.34. The summed E-state index contributed by atoms with van der Waals surface area (Å²) in [5.41, 5.74) is 0.523. The number of benzene rings is 1. The van der Waals surface area contributed by atoms with Crippen LogP contribution < -0.4 is 4.74 Å². The van der Waals surface area contributed by atoms with Crippen LogP contribution in [0.15, 0.2) is 12.1 Å². The predicted octanol–water partition coefficient (Wildman–Crippen LogP) is 4.16. The number of ether oxygens (including phenoxy) is 1. The van der Waals surface area contributed by atoms with Crippen LogP contribution >= 0.6 is 0 Å². The van der Waals surface area contributed by atoms with Crippen LogP contribution in [0.2, 0.25) is 0 Å². The lowest BCUT2D eigenvalue weighted by Gasteiger charge is -2.28. The van der Waals surface area contributed by atoms with Gasteiger partial charge in [0.2, 0.25) is 5.82 Å². The molecule has 0 bridgehead atoms. The maximum Gasteiger partial charge on any atom is 0.200 e. The first-order valence-electron chi connectivity index (χ1n) is 6.40. The van der Waals surface area contributed by atoms with Gasteiger partial charge in [-0.2, -0.15) is 4.39 Å². The fourth-order valence-electron chi connectivity index (χ4n) is 2.34. The Morgan fingerprint density at radius 1 is 0.941 bits per heavy atom. The SMILES string of the molecule is Fc1c(OC2CCC2)ccc(C2CCC2)c1F. The second-order valence-corrected chi connectivity index (χ2v) is 5.08. The molecule has 2 aliphatic carbocycles. The van der Waals surface area contributed by atoms with E-state index < -0.39 is 11.6 Å². The van der Waals surface area contributed by atoms with Gasteiger partial charge in [0.1, 0.15) is 0 Å². The van der Waals surface area contributed by atoms with Crippen molar-refractivity contribution in [3.8, 4) is 5.75 Å². The number of hydrogen-bond acceptors (Lipinski definition) is 1. The summed E-state index contributed by atoms with van der Waals surface area (Å²) in [6, 6.07) is 3.28. The minimum atomic E-state index is -0.804. The van der Waals surface area contributed by atoms with Gasteiger partial charge in [-0.15, -0.1) is 0 Å². The van der Waals surface area contributed by atoms with Gasteiger partial charge in [0, 0.05) is 0 Å². The van der Waals surface area contributed by atoms with E-state index in [2.05, 4.69) is 0 Å². The minimum Gasteiger partial charge on any atom is -0.487 e. The van der Waals surface area contributed by atoms with Gasteiger partial charge < -0.3 is 4.74 Å². The largest absolute Gasteiger partial charge is 0.487 e. The molecule has 2 fully saturated rings. The van der Waals surface area contributed by atoms with Gasteiger partial charge >= 0.3 is 0 Å². The molecule has 1 nitrogen and oxygen atoms in total. The zero-order chi connectivity index (χ0) is 11.8. The summed E-state index contributed by atoms with van der Waals surface area (Å²) in [5, 5.41) is 0. The summed E-state index contributed by atoms with van der Waals surface area (Å²) >= 11 is 0. The molecule has 0 unspecified atom stereocenters. The van der Waals surface area contributed by atoms with Gasteiger partial charge in [0.15, 0.2) is 11.6 Å². The Balaban J connectivity index is 1.82. The smallest absolute Gasteiger partial charge is 0.200 e. The predicted molar refractivity (Wildman–Crippen MR) is 61.2 cm³/mol. The standard InChI is InChI=1S/C14H16F2O/c15-13-11(9-3-1-4-9)7-8-12(14(13)16)17-10-5-2-6-10/h7-10H,1-6H2. The molecule has 0 saturated heterocycles. The van der Waals surface area contributed by atoms with Crippen LogP contribution in [0.4, 0.5) is 8.78 Å². The summed E-state index contributed by atoms with van der Waals surface area (Å²) in [4.78, 5) is 0. The third-order valence-electron chi connectivity index (χ3n) is 3.97. The van der Waals surface area contributed by atoms with E-state index >= 15 is 0 Å². The Kier molecular flexibility index (Phi) is 2.77. The van der Waals surface area contributed by atoms with E-state index in [1.807, 2.05) is 0 Å². The van der Waals surface area contributed by atoms with Crippen LogP contribution in [-0.2, 0) is 0 Å². The van der Waals surface area contributed by atoms with E-state index in [0.29, 0.717) is 5.56 Å². The van der Waals surface area contributed by atoms with Crippen LogP contribution in [0.25, 0.3) is 0 Å². The fraction of sp³-hybridized carbons (Fsp3) is 0.571. The Hall–Kier alpha value is -1.12. The molecule has 3 rings (SSSR count). The van der Waals surface area contributed by atoms with E-state index in [1.165, 1.54) is 0 Å². The first kappa shape index (κ1) is 11.0. The molecule has 0 aliphatic heterocycles. The van der Waals surface area contributed by atoms with Crippen molar-refractivity contribution in [2.24, 2.45) is 0 Å². The lowest BCUT2D eigenvalue weighted by Crippen LogP contribution is -2.25. The summed E-state index contributed by atoms with van der Waals surface area (Å²) in [5.74, 6) is -1.22. The molecule has 0 amide bonds. The molecule has 0 aromatic heterocycles. The summed E-state index contributed by atoms with van der Waals surface area (Å²) in [6.07, 6.45) is 6.16. The van der Waals surface area contributed by atoms with Gasteiger partial charge in [-0.3, -0.25) is 0 Å². The Bertz CT molecular complexity index is 422. The van der Waals surface area contributed by atoms with E-state index in [-0.39, 0.29) is 17.8 Å². The molecule has 2 aliphatic rings. The first-order chi connectivity index (χ1) is 8.25. The highest BCUT2D eigenvalue weighted by Gasteiger charge is 2.27. The molecule has 2 saturated carbocycles. The van der Waals surface area contributed by atoms with Crippen molar-refractivity contribution in [2.75, 3.05) is 0 Å². The van der Waals surface area contributed by atoms with Crippen molar-refractivity contribution in [1.29, 1.82) is 0 Å². The average Bonchev–Trinajstić information content (AvgIpc) is 2.18. The van der Waals surface area contributed by atoms with Gasteiger partial charge in [-0.05, 0) is 49.7 Å². The third kappa shape index (κ3) is 1.92. The van der Waals surface area contributed by atoms with Gasteiger partial charge in [-0.25, -0.2) is 4.39 Å². The molecule has 3 heteroatoms. The molecule has 0 N–H and O–H groups in total. The molecule has 0 radical (unpaired) electrons. The minimum absolute atomic E-state index is 0.0790. The highest BCUT2D eigenvalue weighted by atomic mass is 19.2. The average molecular weight is 238 g/mol. The zero-order valence-electron chi connectivity index (χ0n) is 9.72. The molecule has 0 spiro atoms. The molecule has 1 aromatic carbocycles. The number of rotatable bonds is 3. The van der Waals surface area contributed by atoms with Gasteiger partial charge in [0.25, 0.3) is 0 Å². The zero-order valence-corrected chi connectivity index (χ0v) is 9.72. The quantitative estimate of drug-likeness (QED) is 0.768. The number of halogens is 2.